The molecule has 0 bridgehead atoms. The first-order chi connectivity index (χ1) is 5.61. The third-order valence-corrected chi connectivity index (χ3v) is 1.78. The average molecular weight is 184 g/mol. The van der Waals surface area contributed by atoms with E-state index in [9.17, 15) is 4.79 Å². The maximum atomic E-state index is 11.3. The van der Waals surface area contributed by atoms with Crippen LogP contribution in [0.3, 0.4) is 0 Å². The Morgan fingerprint density at radius 2 is 2.33 bits per heavy atom. The Bertz CT molecular complexity index is 364. The lowest BCUT2D eigenvalue weighted by atomic mass is 10.2. The number of aromatic nitrogens is 2. The molecule has 0 atom stereocenters. The van der Waals surface area contributed by atoms with Crippen LogP contribution in [-0.4, -0.2) is 9.55 Å². The van der Waals surface area contributed by atoms with Gasteiger partial charge in [0.1, 0.15) is 0 Å². The molecule has 0 spiro atoms. The van der Waals surface area contributed by atoms with Crippen molar-refractivity contribution in [2.45, 2.75) is 20.4 Å². The monoisotopic (exact) mass is 184 g/mol. The van der Waals surface area contributed by atoms with Crippen molar-refractivity contribution in [2.75, 3.05) is 0 Å². The van der Waals surface area contributed by atoms with Crippen molar-refractivity contribution in [1.29, 1.82) is 0 Å². The van der Waals surface area contributed by atoms with Crippen molar-refractivity contribution >= 4 is 12.2 Å². The van der Waals surface area contributed by atoms with Gasteiger partial charge in [0.2, 0.25) is 0 Å². The average Bonchev–Trinajstić information content (AvgIpc) is 1.98. The molecule has 1 N–H and O–H groups in total. The van der Waals surface area contributed by atoms with Gasteiger partial charge in [0.25, 0.3) is 5.56 Å². The van der Waals surface area contributed by atoms with Crippen LogP contribution in [-0.2, 0) is 6.54 Å². The van der Waals surface area contributed by atoms with Crippen LogP contribution in [0.2, 0.25) is 0 Å². The van der Waals surface area contributed by atoms with Gasteiger partial charge in [-0.25, -0.2) is 0 Å². The maximum absolute atomic E-state index is 11.3. The summed E-state index contributed by atoms with van der Waals surface area (Å²) in [6.07, 6.45) is 3.41. The van der Waals surface area contributed by atoms with Gasteiger partial charge in [-0.2, -0.15) is 0 Å². The van der Waals surface area contributed by atoms with Gasteiger partial charge in [-0.3, -0.25) is 4.79 Å². The molecule has 0 aliphatic rings. The molecule has 0 aliphatic carbocycles. The van der Waals surface area contributed by atoms with Crippen LogP contribution in [0.5, 0.6) is 0 Å². The van der Waals surface area contributed by atoms with E-state index in [0.717, 1.165) is 6.54 Å². The molecular weight excluding hydrogens is 172 g/mol. The molecule has 0 radical (unpaired) electrons. The predicted molar refractivity (Wildman–Crippen MR) is 50.7 cm³/mol. The minimum Gasteiger partial charge on any atom is -0.347 e. The van der Waals surface area contributed by atoms with Gasteiger partial charge in [0.15, 0.2) is 4.64 Å². The molecule has 1 aromatic heterocycles. The molecule has 0 fully saturated rings. The van der Waals surface area contributed by atoms with Gasteiger partial charge in [-0.05, 0) is 5.92 Å². The summed E-state index contributed by atoms with van der Waals surface area (Å²) < 4.78 is 1.90. The fourth-order valence-corrected chi connectivity index (χ4v) is 1.19. The highest BCUT2D eigenvalue weighted by atomic mass is 32.1. The first kappa shape index (κ1) is 9.19. The van der Waals surface area contributed by atoms with E-state index in [2.05, 4.69) is 18.8 Å². The SMILES string of the molecule is CC(C)Cn1cc[nH]c(=S)c1=O. The van der Waals surface area contributed by atoms with Gasteiger partial charge in [0.05, 0.1) is 0 Å². The molecule has 3 nitrogen and oxygen atoms in total. The second-order valence-corrected chi connectivity index (χ2v) is 3.55. The summed E-state index contributed by atoms with van der Waals surface area (Å²) in [7, 11) is 0. The molecule has 0 saturated carbocycles. The van der Waals surface area contributed by atoms with E-state index < -0.39 is 0 Å². The molecule has 0 saturated heterocycles. The molecule has 0 aromatic carbocycles. The Morgan fingerprint density at radius 3 is 2.92 bits per heavy atom. The highest BCUT2D eigenvalue weighted by Gasteiger charge is 1.98. The van der Waals surface area contributed by atoms with Crippen molar-refractivity contribution in [3.05, 3.63) is 27.4 Å². The Labute approximate surface area is 76.1 Å². The lowest BCUT2D eigenvalue weighted by Gasteiger charge is -2.06. The van der Waals surface area contributed by atoms with E-state index in [1.165, 1.54) is 0 Å². The van der Waals surface area contributed by atoms with E-state index in [-0.39, 0.29) is 10.2 Å². The van der Waals surface area contributed by atoms with Gasteiger partial charge in [-0.1, -0.05) is 26.1 Å². The predicted octanol–water partition coefficient (Wildman–Crippen LogP) is 1.56. The quantitative estimate of drug-likeness (QED) is 0.708. The Kier molecular flexibility index (Phi) is 2.81. The second kappa shape index (κ2) is 3.67. The highest BCUT2D eigenvalue weighted by molar-refractivity contribution is 7.71. The molecule has 1 heterocycles. The summed E-state index contributed by atoms with van der Waals surface area (Å²) >= 11 is 4.80. The van der Waals surface area contributed by atoms with E-state index in [1.807, 2.05) is 0 Å². The molecule has 1 aromatic rings. The van der Waals surface area contributed by atoms with Crippen LogP contribution in [0.1, 0.15) is 13.8 Å². The number of hydrogen-bond acceptors (Lipinski definition) is 2. The minimum atomic E-state index is -0.110. The fourth-order valence-electron chi connectivity index (χ4n) is 1.000. The summed E-state index contributed by atoms with van der Waals surface area (Å²) in [5.41, 5.74) is -0.110. The molecule has 4 heteroatoms. The van der Waals surface area contributed by atoms with Crippen LogP contribution in [0.15, 0.2) is 17.2 Å². The van der Waals surface area contributed by atoms with E-state index in [0.29, 0.717) is 5.92 Å². The molecule has 12 heavy (non-hydrogen) atoms. The van der Waals surface area contributed by atoms with Crippen molar-refractivity contribution in [2.24, 2.45) is 5.92 Å². The summed E-state index contributed by atoms with van der Waals surface area (Å²) in [6, 6.07) is 0. The van der Waals surface area contributed by atoms with Crippen LogP contribution in [0.4, 0.5) is 0 Å². The number of H-pyrrole nitrogens is 1. The van der Waals surface area contributed by atoms with E-state index in [1.54, 1.807) is 17.0 Å². The first-order valence-electron chi connectivity index (χ1n) is 3.89. The lowest BCUT2D eigenvalue weighted by molar-refractivity contribution is 0.508. The number of hydrogen-bond donors (Lipinski definition) is 1. The topological polar surface area (TPSA) is 37.8 Å². The third-order valence-electron chi connectivity index (χ3n) is 1.49. The largest absolute Gasteiger partial charge is 0.347 e. The second-order valence-electron chi connectivity index (χ2n) is 3.14. The van der Waals surface area contributed by atoms with Gasteiger partial charge in [-0.15, -0.1) is 0 Å². The Morgan fingerprint density at radius 1 is 1.67 bits per heavy atom. The number of aromatic amines is 1. The van der Waals surface area contributed by atoms with E-state index in [4.69, 9.17) is 12.2 Å². The van der Waals surface area contributed by atoms with Gasteiger partial charge in [0, 0.05) is 18.9 Å². The molecule has 0 amide bonds. The maximum Gasteiger partial charge on any atom is 0.285 e. The smallest absolute Gasteiger partial charge is 0.285 e. The van der Waals surface area contributed by atoms with Crippen LogP contribution in [0, 0.1) is 10.6 Å². The van der Waals surface area contributed by atoms with Crippen molar-refractivity contribution in [1.82, 2.24) is 9.55 Å². The van der Waals surface area contributed by atoms with Crippen molar-refractivity contribution in [3.63, 3.8) is 0 Å². The summed E-state index contributed by atoms with van der Waals surface area (Å²) in [4.78, 5) is 14.0. The molecule has 1 rings (SSSR count). The number of nitrogens with one attached hydrogen (secondary N) is 1. The van der Waals surface area contributed by atoms with Crippen LogP contribution >= 0.6 is 12.2 Å². The first-order valence-corrected chi connectivity index (χ1v) is 4.30. The standard InChI is InChI=1S/C8H12N2OS/c1-6(2)5-10-4-3-9-7(12)8(10)11/h3-4,6H,5H2,1-2H3,(H,9,12). The third kappa shape index (κ3) is 2.04. The zero-order valence-corrected chi connectivity index (χ0v) is 8.02. The lowest BCUT2D eigenvalue weighted by Crippen LogP contribution is -2.22. The summed E-state index contributed by atoms with van der Waals surface area (Å²) in [5, 5.41) is 0. The fraction of sp³-hybridized carbons (Fsp3) is 0.500. The number of rotatable bonds is 2. The molecule has 0 aliphatic heterocycles. The van der Waals surface area contributed by atoms with Gasteiger partial charge < -0.3 is 9.55 Å². The van der Waals surface area contributed by atoms with E-state index >= 15 is 0 Å². The van der Waals surface area contributed by atoms with Crippen LogP contribution < -0.4 is 5.56 Å². The van der Waals surface area contributed by atoms with Crippen LogP contribution in [0.25, 0.3) is 0 Å². The molecule has 0 unspecified atom stereocenters. The summed E-state index contributed by atoms with van der Waals surface area (Å²) in [5.74, 6) is 0.458. The zero-order valence-electron chi connectivity index (χ0n) is 7.20. The van der Waals surface area contributed by atoms with Gasteiger partial charge >= 0.3 is 0 Å². The molecule has 66 valence electrons. The Hall–Kier alpha value is -0.900. The minimum absolute atomic E-state index is 0.110. The number of nitrogens with zero attached hydrogens (tertiary/aromatic N) is 1. The zero-order chi connectivity index (χ0) is 9.14. The Balaban J connectivity index is 3.09. The summed E-state index contributed by atoms with van der Waals surface area (Å²) in [6.45, 7) is 4.84. The highest BCUT2D eigenvalue weighted by Crippen LogP contribution is 1.94. The van der Waals surface area contributed by atoms with Crippen molar-refractivity contribution < 1.29 is 0 Å². The van der Waals surface area contributed by atoms with Crippen molar-refractivity contribution in [3.8, 4) is 0 Å². The normalized spacial score (nSPS) is 10.6. The molecular formula is C8H12N2OS.